The normalized spacial score (nSPS) is 20.7. The van der Waals surface area contributed by atoms with Crippen molar-refractivity contribution in [1.82, 2.24) is 10.2 Å². The number of phenolic OH excluding ortho intramolecular Hbond substituents is 1. The molecule has 0 aliphatic carbocycles. The van der Waals surface area contributed by atoms with E-state index in [0.717, 1.165) is 30.4 Å². The van der Waals surface area contributed by atoms with E-state index in [0.29, 0.717) is 5.56 Å². The van der Waals surface area contributed by atoms with Crippen molar-refractivity contribution >= 4 is 21.8 Å². The van der Waals surface area contributed by atoms with Crippen LogP contribution in [0.25, 0.3) is 0 Å². The summed E-state index contributed by atoms with van der Waals surface area (Å²) in [6, 6.07) is 5.07. The smallest absolute Gasteiger partial charge is 0.255 e. The Morgan fingerprint density at radius 3 is 3.00 bits per heavy atom. The number of piperidine rings is 1. The fourth-order valence-electron chi connectivity index (χ4n) is 2.24. The molecule has 0 spiro atoms. The Kier molecular flexibility index (Phi) is 4.24. The van der Waals surface area contributed by atoms with Gasteiger partial charge in [-0.15, -0.1) is 0 Å². The van der Waals surface area contributed by atoms with Crippen molar-refractivity contribution in [2.24, 2.45) is 0 Å². The lowest BCUT2D eigenvalue weighted by atomic mass is 10.1. The van der Waals surface area contributed by atoms with Gasteiger partial charge in [0.2, 0.25) is 0 Å². The third kappa shape index (κ3) is 3.23. The van der Waals surface area contributed by atoms with Crippen LogP contribution in [0, 0.1) is 0 Å². The number of amides is 1. The lowest BCUT2D eigenvalue weighted by molar-refractivity contribution is 0.0910. The summed E-state index contributed by atoms with van der Waals surface area (Å²) in [5.41, 5.74) is 0.325. The molecule has 2 N–H and O–H groups in total. The number of benzene rings is 1. The molecule has 5 heteroatoms. The molecule has 0 aromatic heterocycles. The highest BCUT2D eigenvalue weighted by atomic mass is 79.9. The highest BCUT2D eigenvalue weighted by Crippen LogP contribution is 2.22. The van der Waals surface area contributed by atoms with Crippen LogP contribution in [0.3, 0.4) is 0 Å². The van der Waals surface area contributed by atoms with Gasteiger partial charge in [-0.3, -0.25) is 4.79 Å². The van der Waals surface area contributed by atoms with E-state index in [1.807, 2.05) is 0 Å². The molecule has 1 aromatic carbocycles. The van der Waals surface area contributed by atoms with Crippen LogP contribution in [-0.4, -0.2) is 42.1 Å². The highest BCUT2D eigenvalue weighted by Gasteiger charge is 2.20. The third-order valence-electron chi connectivity index (χ3n) is 3.16. The summed E-state index contributed by atoms with van der Waals surface area (Å²) in [5, 5.41) is 12.7. The molecular formula is C13H17BrN2O2. The Morgan fingerprint density at radius 1 is 1.56 bits per heavy atom. The van der Waals surface area contributed by atoms with Crippen molar-refractivity contribution in [3.8, 4) is 5.75 Å². The molecule has 1 aromatic rings. The first kappa shape index (κ1) is 13.4. The number of hydrogen-bond acceptors (Lipinski definition) is 3. The average molecular weight is 313 g/mol. The zero-order chi connectivity index (χ0) is 13.1. The van der Waals surface area contributed by atoms with Gasteiger partial charge in [0.15, 0.2) is 0 Å². The predicted octanol–water partition coefficient (Wildman–Crippen LogP) is 1.98. The molecule has 1 saturated heterocycles. The van der Waals surface area contributed by atoms with Gasteiger partial charge < -0.3 is 15.3 Å². The van der Waals surface area contributed by atoms with E-state index in [9.17, 15) is 9.90 Å². The van der Waals surface area contributed by atoms with Gasteiger partial charge >= 0.3 is 0 Å². The number of hydrogen-bond donors (Lipinski definition) is 2. The Hall–Kier alpha value is -1.07. The minimum Gasteiger partial charge on any atom is -0.507 e. The van der Waals surface area contributed by atoms with E-state index < -0.39 is 0 Å². The number of carbonyl (C=O) groups excluding carboxylic acids is 1. The standard InChI is InChI=1S/C13H17BrN2O2/c1-16-6-2-3-10(8-16)15-13(18)11-5-4-9(14)7-12(11)17/h4-5,7,10,17H,2-3,6,8H2,1H3,(H,15,18). The van der Waals surface area contributed by atoms with Gasteiger partial charge in [-0.05, 0) is 44.6 Å². The number of phenols is 1. The minimum atomic E-state index is -0.208. The van der Waals surface area contributed by atoms with Crippen molar-refractivity contribution in [2.45, 2.75) is 18.9 Å². The maximum absolute atomic E-state index is 12.0. The van der Waals surface area contributed by atoms with Crippen molar-refractivity contribution in [1.29, 1.82) is 0 Å². The van der Waals surface area contributed by atoms with Crippen LogP contribution >= 0.6 is 15.9 Å². The molecule has 1 heterocycles. The minimum absolute atomic E-state index is 0.00559. The second-order valence-electron chi connectivity index (χ2n) is 4.74. The highest BCUT2D eigenvalue weighted by molar-refractivity contribution is 9.10. The maximum Gasteiger partial charge on any atom is 0.255 e. The van der Waals surface area contributed by atoms with Crippen LogP contribution in [0.4, 0.5) is 0 Å². The SMILES string of the molecule is CN1CCCC(NC(=O)c2ccc(Br)cc2O)C1. The molecule has 1 unspecified atom stereocenters. The molecule has 98 valence electrons. The fraction of sp³-hybridized carbons (Fsp3) is 0.462. The summed E-state index contributed by atoms with van der Waals surface area (Å²) in [4.78, 5) is 14.3. The summed E-state index contributed by atoms with van der Waals surface area (Å²) < 4.78 is 0.758. The predicted molar refractivity (Wildman–Crippen MR) is 73.8 cm³/mol. The average Bonchev–Trinajstić information content (AvgIpc) is 2.28. The van der Waals surface area contributed by atoms with Crippen LogP contribution in [0.5, 0.6) is 5.75 Å². The monoisotopic (exact) mass is 312 g/mol. The number of aromatic hydroxyl groups is 1. The number of rotatable bonds is 2. The molecule has 18 heavy (non-hydrogen) atoms. The lowest BCUT2D eigenvalue weighted by Gasteiger charge is -2.30. The molecule has 2 rings (SSSR count). The summed E-state index contributed by atoms with van der Waals surface area (Å²) >= 11 is 3.25. The van der Waals surface area contributed by atoms with Crippen LogP contribution in [0.15, 0.2) is 22.7 Å². The summed E-state index contributed by atoms with van der Waals surface area (Å²) in [6.45, 7) is 1.94. The van der Waals surface area contributed by atoms with E-state index in [1.165, 1.54) is 6.07 Å². The van der Waals surface area contributed by atoms with Gasteiger partial charge in [0.1, 0.15) is 5.75 Å². The molecule has 1 aliphatic rings. The van der Waals surface area contributed by atoms with Gasteiger partial charge in [0.05, 0.1) is 5.56 Å². The molecule has 0 bridgehead atoms. The van der Waals surface area contributed by atoms with Crippen molar-refractivity contribution in [3.63, 3.8) is 0 Å². The first-order valence-electron chi connectivity index (χ1n) is 6.04. The number of carbonyl (C=O) groups is 1. The zero-order valence-electron chi connectivity index (χ0n) is 10.3. The molecule has 0 radical (unpaired) electrons. The Bertz CT molecular complexity index is 451. The number of nitrogens with one attached hydrogen (secondary N) is 1. The van der Waals surface area contributed by atoms with Crippen LogP contribution in [0.2, 0.25) is 0 Å². The quantitative estimate of drug-likeness (QED) is 0.878. The number of nitrogens with zero attached hydrogens (tertiary/aromatic N) is 1. The zero-order valence-corrected chi connectivity index (χ0v) is 11.9. The fourth-order valence-corrected chi connectivity index (χ4v) is 2.59. The van der Waals surface area contributed by atoms with E-state index >= 15 is 0 Å². The largest absolute Gasteiger partial charge is 0.507 e. The van der Waals surface area contributed by atoms with Gasteiger partial charge in [0.25, 0.3) is 5.91 Å². The summed E-state index contributed by atoms with van der Waals surface area (Å²) in [7, 11) is 2.05. The number of halogens is 1. The maximum atomic E-state index is 12.0. The van der Waals surface area contributed by atoms with Crippen LogP contribution in [-0.2, 0) is 0 Å². The second kappa shape index (κ2) is 5.71. The van der Waals surface area contributed by atoms with Crippen molar-refractivity contribution in [2.75, 3.05) is 20.1 Å². The topological polar surface area (TPSA) is 52.6 Å². The Balaban J connectivity index is 2.03. The molecular weight excluding hydrogens is 296 g/mol. The first-order valence-corrected chi connectivity index (χ1v) is 6.83. The summed E-state index contributed by atoms with van der Waals surface area (Å²) in [5.74, 6) is -0.202. The van der Waals surface area contributed by atoms with E-state index in [4.69, 9.17) is 0 Å². The lowest BCUT2D eigenvalue weighted by Crippen LogP contribution is -2.46. The molecule has 1 fully saturated rings. The second-order valence-corrected chi connectivity index (χ2v) is 5.65. The van der Waals surface area contributed by atoms with Gasteiger partial charge in [-0.2, -0.15) is 0 Å². The van der Waals surface area contributed by atoms with E-state index in [1.54, 1.807) is 12.1 Å². The van der Waals surface area contributed by atoms with E-state index in [2.05, 4.69) is 33.2 Å². The molecule has 1 atom stereocenters. The number of likely N-dealkylation sites (tertiary alicyclic amines) is 1. The molecule has 4 nitrogen and oxygen atoms in total. The molecule has 1 amide bonds. The third-order valence-corrected chi connectivity index (χ3v) is 3.66. The van der Waals surface area contributed by atoms with Gasteiger partial charge in [0, 0.05) is 17.1 Å². The number of likely N-dealkylation sites (N-methyl/N-ethyl adjacent to an activating group) is 1. The molecule has 0 saturated carbocycles. The first-order chi connectivity index (χ1) is 8.56. The van der Waals surface area contributed by atoms with E-state index in [-0.39, 0.29) is 17.7 Å². The van der Waals surface area contributed by atoms with Crippen LogP contribution < -0.4 is 5.32 Å². The van der Waals surface area contributed by atoms with Crippen LogP contribution in [0.1, 0.15) is 23.2 Å². The van der Waals surface area contributed by atoms with Crippen molar-refractivity contribution in [3.05, 3.63) is 28.2 Å². The molecule has 1 aliphatic heterocycles. The van der Waals surface area contributed by atoms with Gasteiger partial charge in [-0.25, -0.2) is 0 Å². The summed E-state index contributed by atoms with van der Waals surface area (Å²) in [6.07, 6.45) is 2.08. The Labute approximate surface area is 115 Å². The Morgan fingerprint density at radius 2 is 2.33 bits per heavy atom. The van der Waals surface area contributed by atoms with Crippen molar-refractivity contribution < 1.29 is 9.90 Å². The van der Waals surface area contributed by atoms with Gasteiger partial charge in [-0.1, -0.05) is 15.9 Å².